The van der Waals surface area contributed by atoms with Crippen LogP contribution in [0.1, 0.15) is 29.9 Å². The van der Waals surface area contributed by atoms with Crippen LogP contribution in [0.5, 0.6) is 0 Å². The smallest absolute Gasteiger partial charge is 0.410 e. The number of carbonyl (C=O) groups excluding carboxylic acids is 1. The molecule has 0 aromatic heterocycles. The molecule has 0 aliphatic carbocycles. The maximum atomic E-state index is 12.3. The minimum absolute atomic E-state index is 0.212. The Morgan fingerprint density at radius 1 is 1.13 bits per heavy atom. The van der Waals surface area contributed by atoms with E-state index in [9.17, 15) is 4.79 Å². The quantitative estimate of drug-likeness (QED) is 0.760. The van der Waals surface area contributed by atoms with Crippen molar-refractivity contribution in [1.82, 2.24) is 4.90 Å². The zero-order chi connectivity index (χ0) is 16.1. The molecule has 0 radical (unpaired) electrons. The fraction of sp³-hybridized carbons (Fsp3) is 0.316. The van der Waals surface area contributed by atoms with E-state index < -0.39 is 0 Å². The first kappa shape index (κ1) is 16.1. The number of carbonyl (C=O) groups is 1. The Morgan fingerprint density at radius 2 is 1.87 bits per heavy atom. The van der Waals surface area contributed by atoms with E-state index in [0.717, 1.165) is 36.0 Å². The van der Waals surface area contributed by atoms with Crippen LogP contribution in [0.3, 0.4) is 0 Å². The number of amides is 1. The van der Waals surface area contributed by atoms with Crippen molar-refractivity contribution in [3.05, 3.63) is 70.2 Å². The van der Waals surface area contributed by atoms with Gasteiger partial charge >= 0.3 is 6.09 Å². The van der Waals surface area contributed by atoms with Crippen molar-refractivity contribution in [3.63, 3.8) is 0 Å². The molecule has 23 heavy (non-hydrogen) atoms. The summed E-state index contributed by atoms with van der Waals surface area (Å²) < 4.78 is 6.53. The lowest BCUT2D eigenvalue weighted by atomic mass is 9.91. The Kier molecular flexibility index (Phi) is 5.34. The number of halogens is 1. The first-order chi connectivity index (χ1) is 11.2. The van der Waals surface area contributed by atoms with Crippen LogP contribution in [0.25, 0.3) is 0 Å². The highest BCUT2D eigenvalue weighted by Gasteiger charge is 2.25. The Bertz CT molecular complexity index is 642. The average molecular weight is 374 g/mol. The summed E-state index contributed by atoms with van der Waals surface area (Å²) in [5.74, 6) is 0.390. The van der Waals surface area contributed by atoms with Gasteiger partial charge in [0.05, 0.1) is 0 Å². The van der Waals surface area contributed by atoms with Crippen molar-refractivity contribution < 1.29 is 9.53 Å². The summed E-state index contributed by atoms with van der Waals surface area (Å²) in [4.78, 5) is 14.1. The molecule has 120 valence electrons. The number of likely N-dealkylation sites (tertiary alicyclic amines) is 1. The zero-order valence-electron chi connectivity index (χ0n) is 13.0. The Hall–Kier alpha value is -1.81. The monoisotopic (exact) mass is 373 g/mol. The highest BCUT2D eigenvalue weighted by Crippen LogP contribution is 2.28. The zero-order valence-corrected chi connectivity index (χ0v) is 14.5. The lowest BCUT2D eigenvalue weighted by Crippen LogP contribution is -2.39. The summed E-state index contributed by atoms with van der Waals surface area (Å²) in [6, 6.07) is 18.2. The van der Waals surface area contributed by atoms with Gasteiger partial charge in [0, 0.05) is 23.5 Å². The Labute approximate surface area is 145 Å². The highest BCUT2D eigenvalue weighted by molar-refractivity contribution is 9.10. The van der Waals surface area contributed by atoms with E-state index in [-0.39, 0.29) is 6.09 Å². The van der Waals surface area contributed by atoms with Gasteiger partial charge in [0.25, 0.3) is 0 Å². The van der Waals surface area contributed by atoms with Crippen molar-refractivity contribution in [3.8, 4) is 0 Å². The second-order valence-electron chi connectivity index (χ2n) is 5.88. The summed E-state index contributed by atoms with van der Waals surface area (Å²) in [6.45, 7) is 1.84. The van der Waals surface area contributed by atoms with Crippen molar-refractivity contribution in [2.45, 2.75) is 25.4 Å². The molecule has 0 N–H and O–H groups in total. The maximum absolute atomic E-state index is 12.3. The molecule has 1 saturated heterocycles. The molecule has 1 amide bonds. The molecule has 1 aliphatic rings. The van der Waals surface area contributed by atoms with Crippen molar-refractivity contribution in [2.75, 3.05) is 13.1 Å². The maximum Gasteiger partial charge on any atom is 0.410 e. The van der Waals surface area contributed by atoms with Crippen LogP contribution >= 0.6 is 15.9 Å². The van der Waals surface area contributed by atoms with Gasteiger partial charge in [0.1, 0.15) is 6.61 Å². The van der Waals surface area contributed by atoms with E-state index in [1.54, 1.807) is 0 Å². The number of ether oxygens (including phenoxy) is 1. The molecule has 0 saturated carbocycles. The number of hydrogen-bond acceptors (Lipinski definition) is 2. The van der Waals surface area contributed by atoms with E-state index in [4.69, 9.17) is 4.74 Å². The lowest BCUT2D eigenvalue weighted by Gasteiger charge is -2.32. The van der Waals surface area contributed by atoms with Crippen LogP contribution < -0.4 is 0 Å². The van der Waals surface area contributed by atoms with Crippen LogP contribution in [0.15, 0.2) is 59.1 Å². The van der Waals surface area contributed by atoms with Crippen molar-refractivity contribution >= 4 is 22.0 Å². The number of hydrogen-bond donors (Lipinski definition) is 0. The minimum Gasteiger partial charge on any atom is -0.445 e. The standard InChI is InChI=1S/C19H20BrNO2/c20-18-10-8-16(9-11-18)17-7-4-12-21(13-17)19(22)23-14-15-5-2-1-3-6-15/h1-3,5-6,8-11,17H,4,7,12-14H2/t17-/m1/s1. The molecule has 2 aromatic carbocycles. The molecule has 4 heteroatoms. The molecule has 1 aliphatic heterocycles. The molecule has 3 rings (SSSR count). The summed E-state index contributed by atoms with van der Waals surface area (Å²) in [6.07, 6.45) is 1.92. The minimum atomic E-state index is -0.212. The molecule has 0 spiro atoms. The molecule has 2 aromatic rings. The second kappa shape index (κ2) is 7.64. The van der Waals surface area contributed by atoms with E-state index in [0.29, 0.717) is 12.5 Å². The molecule has 1 heterocycles. The SMILES string of the molecule is O=C(OCc1ccccc1)N1CCC[C@@H](c2ccc(Br)cc2)C1. The molecular formula is C19H20BrNO2. The highest BCUT2D eigenvalue weighted by atomic mass is 79.9. The normalized spacial score (nSPS) is 17.8. The largest absolute Gasteiger partial charge is 0.445 e. The van der Waals surface area contributed by atoms with Gasteiger partial charge in [-0.25, -0.2) is 4.79 Å². The number of benzene rings is 2. The van der Waals surface area contributed by atoms with Crippen LogP contribution in [0, 0.1) is 0 Å². The number of piperidine rings is 1. The van der Waals surface area contributed by atoms with Gasteiger partial charge < -0.3 is 9.64 Å². The predicted octanol–water partition coefficient (Wildman–Crippen LogP) is 4.97. The predicted molar refractivity (Wildman–Crippen MR) is 94.3 cm³/mol. The molecular weight excluding hydrogens is 354 g/mol. The fourth-order valence-corrected chi connectivity index (χ4v) is 3.22. The number of nitrogens with zero attached hydrogens (tertiary/aromatic N) is 1. The third-order valence-electron chi connectivity index (χ3n) is 4.23. The molecule has 0 bridgehead atoms. The van der Waals surface area contributed by atoms with Gasteiger partial charge in [0.2, 0.25) is 0 Å². The van der Waals surface area contributed by atoms with Gasteiger partial charge in [-0.1, -0.05) is 58.4 Å². The Balaban J connectivity index is 1.57. The van der Waals surface area contributed by atoms with E-state index in [2.05, 4.69) is 40.2 Å². The van der Waals surface area contributed by atoms with Gasteiger partial charge in [-0.15, -0.1) is 0 Å². The number of rotatable bonds is 3. The van der Waals surface area contributed by atoms with Gasteiger partial charge in [0.15, 0.2) is 0 Å². The van der Waals surface area contributed by atoms with Crippen molar-refractivity contribution in [1.29, 1.82) is 0 Å². The molecule has 1 fully saturated rings. The van der Waals surface area contributed by atoms with Crippen LogP contribution in [0.4, 0.5) is 4.79 Å². The van der Waals surface area contributed by atoms with Crippen LogP contribution in [-0.4, -0.2) is 24.1 Å². The summed E-state index contributed by atoms with van der Waals surface area (Å²) in [5.41, 5.74) is 2.30. The molecule has 3 nitrogen and oxygen atoms in total. The molecule has 0 unspecified atom stereocenters. The van der Waals surface area contributed by atoms with E-state index in [1.807, 2.05) is 35.2 Å². The topological polar surface area (TPSA) is 29.5 Å². The summed E-state index contributed by atoms with van der Waals surface area (Å²) in [5, 5.41) is 0. The first-order valence-electron chi connectivity index (χ1n) is 7.93. The van der Waals surface area contributed by atoms with Gasteiger partial charge in [-0.2, -0.15) is 0 Å². The summed E-state index contributed by atoms with van der Waals surface area (Å²) >= 11 is 3.46. The summed E-state index contributed by atoms with van der Waals surface area (Å²) in [7, 11) is 0. The fourth-order valence-electron chi connectivity index (χ4n) is 2.96. The average Bonchev–Trinajstić information content (AvgIpc) is 2.61. The van der Waals surface area contributed by atoms with Crippen molar-refractivity contribution in [2.24, 2.45) is 0 Å². The third kappa shape index (κ3) is 4.35. The Morgan fingerprint density at radius 3 is 2.61 bits per heavy atom. The van der Waals surface area contributed by atoms with Crippen LogP contribution in [-0.2, 0) is 11.3 Å². The van der Waals surface area contributed by atoms with Gasteiger partial charge in [-0.05, 0) is 36.1 Å². The van der Waals surface area contributed by atoms with Crippen LogP contribution in [0.2, 0.25) is 0 Å². The lowest BCUT2D eigenvalue weighted by molar-refractivity contribution is 0.0859. The third-order valence-corrected chi connectivity index (χ3v) is 4.75. The molecule has 1 atom stereocenters. The first-order valence-corrected chi connectivity index (χ1v) is 8.73. The second-order valence-corrected chi connectivity index (χ2v) is 6.79. The van der Waals surface area contributed by atoms with Gasteiger partial charge in [-0.3, -0.25) is 0 Å². The van der Waals surface area contributed by atoms with E-state index >= 15 is 0 Å². The van der Waals surface area contributed by atoms with E-state index in [1.165, 1.54) is 5.56 Å².